The molecule has 0 saturated carbocycles. The van der Waals surface area contributed by atoms with Crippen LogP contribution in [-0.2, 0) is 11.3 Å². The van der Waals surface area contributed by atoms with Gasteiger partial charge in [0.15, 0.2) is 0 Å². The molecule has 0 radical (unpaired) electrons. The molecular formula is C20H29ClN4O. The van der Waals surface area contributed by atoms with Crippen LogP contribution in [0.1, 0.15) is 17.0 Å². The largest absolute Gasteiger partial charge is 0.383 e. The van der Waals surface area contributed by atoms with Crippen molar-refractivity contribution in [2.45, 2.75) is 18.5 Å². The van der Waals surface area contributed by atoms with Gasteiger partial charge < -0.3 is 15.4 Å². The highest BCUT2D eigenvalue weighted by molar-refractivity contribution is 5.85. The van der Waals surface area contributed by atoms with Crippen molar-refractivity contribution >= 4 is 18.2 Å². The Kier molecular flexibility index (Phi) is 7.85. The molecule has 1 fully saturated rings. The van der Waals surface area contributed by atoms with Crippen molar-refractivity contribution in [1.82, 2.24) is 9.88 Å². The van der Waals surface area contributed by atoms with Crippen LogP contribution in [0.2, 0.25) is 0 Å². The van der Waals surface area contributed by atoms with Gasteiger partial charge in [0.2, 0.25) is 0 Å². The van der Waals surface area contributed by atoms with E-state index in [1.54, 1.807) is 7.11 Å². The van der Waals surface area contributed by atoms with Crippen LogP contribution >= 0.6 is 12.4 Å². The van der Waals surface area contributed by atoms with E-state index in [2.05, 4.69) is 57.2 Å². The first-order valence-corrected chi connectivity index (χ1v) is 8.85. The van der Waals surface area contributed by atoms with Gasteiger partial charge in [-0.15, -0.1) is 12.4 Å². The fourth-order valence-corrected chi connectivity index (χ4v) is 3.43. The van der Waals surface area contributed by atoms with E-state index in [0.29, 0.717) is 12.5 Å². The van der Waals surface area contributed by atoms with Crippen LogP contribution in [-0.4, -0.2) is 56.3 Å². The molecular weight excluding hydrogens is 348 g/mol. The minimum atomic E-state index is 0. The van der Waals surface area contributed by atoms with Gasteiger partial charge in [-0.25, -0.2) is 4.98 Å². The zero-order valence-corrected chi connectivity index (χ0v) is 16.4. The SMILES string of the molecule is COCCN(C)c1ccc(CN2C[C@@H](N)[C@H](c3ccccc3)C2)cn1.Cl. The molecule has 1 aliphatic heterocycles. The number of anilines is 1. The number of ether oxygens (including phenoxy) is 1. The quantitative estimate of drug-likeness (QED) is 0.804. The maximum absolute atomic E-state index is 6.39. The van der Waals surface area contributed by atoms with E-state index in [9.17, 15) is 0 Å². The summed E-state index contributed by atoms with van der Waals surface area (Å²) in [6.07, 6.45) is 1.97. The van der Waals surface area contributed by atoms with Gasteiger partial charge in [0.25, 0.3) is 0 Å². The van der Waals surface area contributed by atoms with Crippen molar-refractivity contribution in [3.05, 3.63) is 59.8 Å². The maximum atomic E-state index is 6.39. The Morgan fingerprint density at radius 1 is 1.19 bits per heavy atom. The summed E-state index contributed by atoms with van der Waals surface area (Å²) in [6.45, 7) is 4.36. The van der Waals surface area contributed by atoms with Crippen LogP contribution in [0, 0.1) is 0 Å². The van der Waals surface area contributed by atoms with Gasteiger partial charge in [0, 0.05) is 58.5 Å². The monoisotopic (exact) mass is 376 g/mol. The number of methoxy groups -OCH3 is 1. The number of nitrogens with two attached hydrogens (primary N) is 1. The van der Waals surface area contributed by atoms with E-state index in [4.69, 9.17) is 10.5 Å². The molecule has 2 heterocycles. The van der Waals surface area contributed by atoms with Crippen molar-refractivity contribution in [2.24, 2.45) is 5.73 Å². The summed E-state index contributed by atoms with van der Waals surface area (Å²) in [5.74, 6) is 1.38. The van der Waals surface area contributed by atoms with Gasteiger partial charge in [0.05, 0.1) is 6.61 Å². The number of nitrogens with zero attached hydrogens (tertiary/aromatic N) is 3. The molecule has 6 heteroatoms. The Morgan fingerprint density at radius 3 is 2.62 bits per heavy atom. The normalized spacial score (nSPS) is 20.0. The average Bonchev–Trinajstić information content (AvgIpc) is 3.01. The predicted molar refractivity (Wildman–Crippen MR) is 109 cm³/mol. The second-order valence-electron chi connectivity index (χ2n) is 6.81. The predicted octanol–water partition coefficient (Wildman–Crippen LogP) is 2.51. The minimum Gasteiger partial charge on any atom is -0.383 e. The molecule has 5 nitrogen and oxygen atoms in total. The Balaban J connectivity index is 0.00000243. The van der Waals surface area contributed by atoms with Crippen molar-refractivity contribution in [3.63, 3.8) is 0 Å². The second-order valence-corrected chi connectivity index (χ2v) is 6.81. The molecule has 142 valence electrons. The van der Waals surface area contributed by atoms with E-state index < -0.39 is 0 Å². The molecule has 0 unspecified atom stereocenters. The third kappa shape index (κ3) is 5.17. The van der Waals surface area contributed by atoms with Gasteiger partial charge in [-0.1, -0.05) is 36.4 Å². The highest BCUT2D eigenvalue weighted by Crippen LogP contribution is 2.27. The molecule has 0 amide bonds. The summed E-state index contributed by atoms with van der Waals surface area (Å²) in [5.41, 5.74) is 8.95. The third-order valence-electron chi connectivity index (χ3n) is 4.91. The Labute approximate surface area is 162 Å². The van der Waals surface area contributed by atoms with Crippen LogP contribution in [0.5, 0.6) is 0 Å². The molecule has 2 aromatic rings. The van der Waals surface area contributed by atoms with Gasteiger partial charge in [-0.2, -0.15) is 0 Å². The summed E-state index contributed by atoms with van der Waals surface area (Å²) in [7, 11) is 3.75. The molecule has 2 atom stereocenters. The summed E-state index contributed by atoms with van der Waals surface area (Å²) in [6, 6.07) is 15.0. The standard InChI is InChI=1S/C20H28N4O.ClH/c1-23(10-11-25-2)20-9-8-16(12-22-20)13-24-14-18(19(21)15-24)17-6-4-3-5-7-17;/h3-9,12,18-19H,10-11,13-15,21H2,1-2H3;1H/t18-,19+;/m0./s1. The Hall–Kier alpha value is -1.66. The van der Waals surface area contributed by atoms with Crippen LogP contribution in [0.4, 0.5) is 5.82 Å². The first-order chi connectivity index (χ1) is 12.2. The third-order valence-corrected chi connectivity index (χ3v) is 4.91. The lowest BCUT2D eigenvalue weighted by Gasteiger charge is -2.19. The van der Waals surface area contributed by atoms with Gasteiger partial charge in [0.1, 0.15) is 5.82 Å². The van der Waals surface area contributed by atoms with Crippen molar-refractivity contribution < 1.29 is 4.74 Å². The fourth-order valence-electron chi connectivity index (χ4n) is 3.43. The van der Waals surface area contributed by atoms with E-state index in [0.717, 1.165) is 32.0 Å². The average molecular weight is 377 g/mol. The number of pyridine rings is 1. The minimum absolute atomic E-state index is 0. The highest BCUT2D eigenvalue weighted by atomic mass is 35.5. The highest BCUT2D eigenvalue weighted by Gasteiger charge is 2.30. The molecule has 1 aromatic heterocycles. The summed E-state index contributed by atoms with van der Waals surface area (Å²) in [5, 5.41) is 0. The lowest BCUT2D eigenvalue weighted by atomic mass is 9.95. The maximum Gasteiger partial charge on any atom is 0.128 e. The number of hydrogen-bond acceptors (Lipinski definition) is 5. The Morgan fingerprint density at radius 2 is 1.96 bits per heavy atom. The van der Waals surface area contributed by atoms with Crippen molar-refractivity contribution in [2.75, 3.05) is 45.3 Å². The lowest BCUT2D eigenvalue weighted by molar-refractivity contribution is 0.206. The molecule has 0 spiro atoms. The summed E-state index contributed by atoms with van der Waals surface area (Å²) >= 11 is 0. The molecule has 1 saturated heterocycles. The van der Waals surface area contributed by atoms with Gasteiger partial charge in [-0.3, -0.25) is 4.90 Å². The lowest BCUT2D eigenvalue weighted by Crippen LogP contribution is -2.28. The number of likely N-dealkylation sites (N-methyl/N-ethyl adjacent to an activating group) is 1. The summed E-state index contributed by atoms with van der Waals surface area (Å²) < 4.78 is 5.11. The first-order valence-electron chi connectivity index (χ1n) is 8.85. The first kappa shape index (κ1) is 20.6. The van der Waals surface area contributed by atoms with Crippen molar-refractivity contribution in [1.29, 1.82) is 0 Å². The van der Waals surface area contributed by atoms with E-state index >= 15 is 0 Å². The number of aromatic nitrogens is 1. The molecule has 1 aromatic carbocycles. The molecule has 0 aliphatic carbocycles. The molecule has 26 heavy (non-hydrogen) atoms. The van der Waals surface area contributed by atoms with E-state index in [-0.39, 0.29) is 18.4 Å². The van der Waals surface area contributed by atoms with E-state index in [1.165, 1.54) is 11.1 Å². The number of rotatable bonds is 7. The number of halogens is 1. The molecule has 3 rings (SSSR count). The van der Waals surface area contributed by atoms with Crippen molar-refractivity contribution in [3.8, 4) is 0 Å². The van der Waals surface area contributed by atoms with Crippen LogP contribution < -0.4 is 10.6 Å². The van der Waals surface area contributed by atoms with Crippen LogP contribution in [0.3, 0.4) is 0 Å². The zero-order valence-electron chi connectivity index (χ0n) is 15.5. The van der Waals surface area contributed by atoms with Gasteiger partial charge in [-0.05, 0) is 17.2 Å². The zero-order chi connectivity index (χ0) is 17.6. The van der Waals surface area contributed by atoms with Crippen LogP contribution in [0.25, 0.3) is 0 Å². The number of hydrogen-bond donors (Lipinski definition) is 1. The Bertz CT molecular complexity index is 653. The summed E-state index contributed by atoms with van der Waals surface area (Å²) in [4.78, 5) is 9.11. The molecule has 2 N–H and O–H groups in total. The van der Waals surface area contributed by atoms with Crippen LogP contribution in [0.15, 0.2) is 48.7 Å². The van der Waals surface area contributed by atoms with Gasteiger partial charge >= 0.3 is 0 Å². The number of likely N-dealkylation sites (tertiary alicyclic amines) is 1. The van der Waals surface area contributed by atoms with E-state index in [1.807, 2.05) is 13.2 Å². The topological polar surface area (TPSA) is 54.6 Å². The number of benzene rings is 1. The smallest absolute Gasteiger partial charge is 0.128 e. The fraction of sp³-hybridized carbons (Fsp3) is 0.450. The second kappa shape index (κ2) is 9.88. The molecule has 0 bridgehead atoms. The molecule has 1 aliphatic rings.